The van der Waals surface area contributed by atoms with Crippen LogP contribution in [-0.4, -0.2) is 39.8 Å². The highest BCUT2D eigenvalue weighted by molar-refractivity contribution is 5.75. The maximum absolute atomic E-state index is 5.74. The molecule has 2 aromatic carbocycles. The second-order valence-corrected chi connectivity index (χ2v) is 6.72. The van der Waals surface area contributed by atoms with E-state index in [1.807, 2.05) is 0 Å². The molecule has 0 bridgehead atoms. The van der Waals surface area contributed by atoms with E-state index in [0.717, 1.165) is 35.6 Å². The van der Waals surface area contributed by atoms with E-state index in [4.69, 9.17) is 15.2 Å². The summed E-state index contributed by atoms with van der Waals surface area (Å²) < 4.78 is 11.2. The van der Waals surface area contributed by atoms with E-state index < -0.39 is 0 Å². The van der Waals surface area contributed by atoms with Gasteiger partial charge in [-0.15, -0.1) is 0 Å². The molecule has 4 nitrogen and oxygen atoms in total. The zero-order valence-electron chi connectivity index (χ0n) is 16.0. The average Bonchev–Trinajstić information content (AvgIpc) is 2.60. The molecule has 136 valence electrons. The summed E-state index contributed by atoms with van der Waals surface area (Å²) in [6.07, 6.45) is 0.941. The molecule has 2 aromatic rings. The van der Waals surface area contributed by atoms with Crippen molar-refractivity contribution >= 4 is 0 Å². The van der Waals surface area contributed by atoms with E-state index in [9.17, 15) is 0 Å². The van der Waals surface area contributed by atoms with Crippen LogP contribution in [0.25, 0.3) is 11.1 Å². The minimum atomic E-state index is 0.372. The highest BCUT2D eigenvalue weighted by Gasteiger charge is 2.17. The van der Waals surface area contributed by atoms with Gasteiger partial charge in [0.2, 0.25) is 0 Å². The Morgan fingerprint density at radius 2 is 1.72 bits per heavy atom. The second-order valence-electron chi connectivity index (χ2n) is 6.72. The van der Waals surface area contributed by atoms with E-state index in [-0.39, 0.29) is 0 Å². The quantitative estimate of drug-likeness (QED) is 0.791. The Morgan fingerprint density at radius 1 is 1.04 bits per heavy atom. The summed E-state index contributed by atoms with van der Waals surface area (Å²) in [6, 6.07) is 12.9. The second kappa shape index (κ2) is 8.88. The summed E-state index contributed by atoms with van der Waals surface area (Å²) in [5, 5.41) is 0. The van der Waals surface area contributed by atoms with Crippen LogP contribution in [-0.2, 0) is 6.54 Å². The van der Waals surface area contributed by atoms with Gasteiger partial charge >= 0.3 is 0 Å². The normalized spacial score (nSPS) is 12.3. The Morgan fingerprint density at radius 3 is 2.24 bits per heavy atom. The van der Waals surface area contributed by atoms with Crippen molar-refractivity contribution < 1.29 is 9.47 Å². The van der Waals surface area contributed by atoms with E-state index in [1.54, 1.807) is 14.2 Å². The van der Waals surface area contributed by atoms with Crippen LogP contribution in [0.1, 0.15) is 30.4 Å². The number of ether oxygens (including phenoxy) is 2. The first-order valence-corrected chi connectivity index (χ1v) is 8.70. The molecule has 1 atom stereocenters. The van der Waals surface area contributed by atoms with Crippen LogP contribution in [0.4, 0.5) is 0 Å². The van der Waals surface area contributed by atoms with E-state index >= 15 is 0 Å². The first-order chi connectivity index (χ1) is 12.0. The number of methoxy groups -OCH3 is 2. The molecule has 0 radical (unpaired) electrons. The van der Waals surface area contributed by atoms with Gasteiger partial charge in [0.15, 0.2) is 11.5 Å². The Bertz CT molecular complexity index is 681. The third kappa shape index (κ3) is 4.74. The SMILES string of the molecule is COc1cc(C(C)CCN)cc(-c2ccc(CN(C)C)cc2)c1OC. The van der Waals surface area contributed by atoms with E-state index in [2.05, 4.69) is 62.3 Å². The van der Waals surface area contributed by atoms with Gasteiger partial charge in [-0.3, -0.25) is 0 Å². The number of rotatable bonds is 8. The monoisotopic (exact) mass is 342 g/mol. The molecule has 0 aliphatic carbocycles. The minimum absolute atomic E-state index is 0.372. The molecule has 2 rings (SSSR count). The predicted octanol–water partition coefficient (Wildman–Crippen LogP) is 3.88. The Balaban J connectivity index is 2.48. The molecule has 0 saturated carbocycles. The highest BCUT2D eigenvalue weighted by Crippen LogP contribution is 2.41. The molecule has 0 heterocycles. The number of hydrogen-bond donors (Lipinski definition) is 1. The molecule has 0 aliphatic heterocycles. The van der Waals surface area contributed by atoms with Gasteiger partial charge in [-0.2, -0.15) is 0 Å². The lowest BCUT2D eigenvalue weighted by Gasteiger charge is -2.19. The summed E-state index contributed by atoms with van der Waals surface area (Å²) in [5.41, 5.74) is 10.4. The summed E-state index contributed by atoms with van der Waals surface area (Å²) in [6.45, 7) is 3.79. The van der Waals surface area contributed by atoms with Gasteiger partial charge in [0.05, 0.1) is 14.2 Å². The average molecular weight is 342 g/mol. The van der Waals surface area contributed by atoms with Crippen molar-refractivity contribution in [2.45, 2.75) is 25.8 Å². The fourth-order valence-corrected chi connectivity index (χ4v) is 3.06. The first-order valence-electron chi connectivity index (χ1n) is 8.70. The maximum Gasteiger partial charge on any atom is 0.168 e. The molecule has 25 heavy (non-hydrogen) atoms. The van der Waals surface area contributed by atoms with Crippen molar-refractivity contribution in [2.75, 3.05) is 34.9 Å². The van der Waals surface area contributed by atoms with Gasteiger partial charge in [0.1, 0.15) is 0 Å². The minimum Gasteiger partial charge on any atom is -0.493 e. The summed E-state index contributed by atoms with van der Waals surface area (Å²) >= 11 is 0. The zero-order valence-corrected chi connectivity index (χ0v) is 16.0. The Labute approximate surface area is 151 Å². The van der Waals surface area contributed by atoms with E-state index in [1.165, 1.54) is 11.1 Å². The van der Waals surface area contributed by atoms with Crippen LogP contribution in [0.2, 0.25) is 0 Å². The van der Waals surface area contributed by atoms with Gasteiger partial charge < -0.3 is 20.1 Å². The fraction of sp³-hybridized carbons (Fsp3) is 0.429. The largest absolute Gasteiger partial charge is 0.493 e. The van der Waals surface area contributed by atoms with Crippen molar-refractivity contribution in [1.29, 1.82) is 0 Å². The molecular weight excluding hydrogens is 312 g/mol. The summed E-state index contributed by atoms with van der Waals surface area (Å²) in [7, 11) is 7.51. The summed E-state index contributed by atoms with van der Waals surface area (Å²) in [4.78, 5) is 2.16. The lowest BCUT2D eigenvalue weighted by atomic mass is 9.92. The van der Waals surface area contributed by atoms with E-state index in [0.29, 0.717) is 12.5 Å². The molecule has 1 unspecified atom stereocenters. The highest BCUT2D eigenvalue weighted by atomic mass is 16.5. The lowest BCUT2D eigenvalue weighted by Crippen LogP contribution is -2.10. The smallest absolute Gasteiger partial charge is 0.168 e. The van der Waals surface area contributed by atoms with Crippen molar-refractivity contribution in [1.82, 2.24) is 4.90 Å². The van der Waals surface area contributed by atoms with Crippen molar-refractivity contribution in [3.05, 3.63) is 47.5 Å². The van der Waals surface area contributed by atoms with Crippen LogP contribution in [0.15, 0.2) is 36.4 Å². The molecule has 0 amide bonds. The molecule has 0 aliphatic rings. The van der Waals surface area contributed by atoms with Crippen LogP contribution < -0.4 is 15.2 Å². The zero-order chi connectivity index (χ0) is 18.4. The lowest BCUT2D eigenvalue weighted by molar-refractivity contribution is 0.355. The van der Waals surface area contributed by atoms with Crippen molar-refractivity contribution in [3.63, 3.8) is 0 Å². The molecule has 2 N–H and O–H groups in total. The first kappa shape index (κ1) is 19.3. The van der Waals surface area contributed by atoms with Gasteiger partial charge in [0.25, 0.3) is 0 Å². The topological polar surface area (TPSA) is 47.7 Å². The predicted molar refractivity (Wildman–Crippen MR) is 104 cm³/mol. The number of nitrogens with zero attached hydrogens (tertiary/aromatic N) is 1. The Kier molecular flexibility index (Phi) is 6.85. The van der Waals surface area contributed by atoms with Gasteiger partial charge in [-0.25, -0.2) is 0 Å². The maximum atomic E-state index is 5.74. The third-order valence-electron chi connectivity index (χ3n) is 4.43. The van der Waals surface area contributed by atoms with Crippen LogP contribution in [0.3, 0.4) is 0 Å². The van der Waals surface area contributed by atoms with Gasteiger partial charge in [-0.1, -0.05) is 31.2 Å². The molecule has 0 fully saturated rings. The number of hydrogen-bond acceptors (Lipinski definition) is 4. The molecule has 0 aromatic heterocycles. The molecule has 0 spiro atoms. The third-order valence-corrected chi connectivity index (χ3v) is 4.43. The fourth-order valence-electron chi connectivity index (χ4n) is 3.06. The molecule has 0 saturated heterocycles. The van der Waals surface area contributed by atoms with Crippen LogP contribution in [0.5, 0.6) is 11.5 Å². The van der Waals surface area contributed by atoms with Gasteiger partial charge in [-0.05, 0) is 61.8 Å². The van der Waals surface area contributed by atoms with Crippen LogP contribution in [0, 0.1) is 0 Å². The van der Waals surface area contributed by atoms with Crippen molar-refractivity contribution in [2.24, 2.45) is 5.73 Å². The van der Waals surface area contributed by atoms with Crippen LogP contribution >= 0.6 is 0 Å². The Hall–Kier alpha value is -2.04. The summed E-state index contributed by atoms with van der Waals surface area (Å²) in [5.74, 6) is 1.90. The number of benzene rings is 2. The standard InChI is InChI=1S/C21H30N2O2/c1-15(10-11-22)18-12-19(21(25-5)20(13-18)24-4)17-8-6-16(7-9-17)14-23(2)3/h6-9,12-13,15H,10-11,14,22H2,1-5H3. The van der Waals surface area contributed by atoms with Crippen molar-refractivity contribution in [3.8, 4) is 22.6 Å². The molecular formula is C21H30N2O2. The molecule has 4 heteroatoms. The number of nitrogens with two attached hydrogens (primary N) is 1. The van der Waals surface area contributed by atoms with Gasteiger partial charge in [0, 0.05) is 12.1 Å².